The summed E-state index contributed by atoms with van der Waals surface area (Å²) < 4.78 is 5.47. The standard InChI is InChI=1S/C15H19ClN2O4.ClH/c16-12-1-3-13(4-2-12)22-8-6-17-14(19)10-18-7-5-11(9-18)15(20)21;/h1-4,11H,5-10H2,(H,17,19)(H,20,21);1H. The van der Waals surface area contributed by atoms with Gasteiger partial charge in [-0.3, -0.25) is 14.5 Å². The fraction of sp³-hybridized carbons (Fsp3) is 0.467. The fourth-order valence-corrected chi connectivity index (χ4v) is 2.45. The van der Waals surface area contributed by atoms with Crippen LogP contribution in [-0.4, -0.2) is 54.7 Å². The van der Waals surface area contributed by atoms with E-state index < -0.39 is 5.97 Å². The van der Waals surface area contributed by atoms with E-state index in [0.29, 0.717) is 43.4 Å². The average Bonchev–Trinajstić information content (AvgIpc) is 2.94. The van der Waals surface area contributed by atoms with Gasteiger partial charge in [-0.25, -0.2) is 0 Å². The van der Waals surface area contributed by atoms with Crippen molar-refractivity contribution in [3.63, 3.8) is 0 Å². The van der Waals surface area contributed by atoms with E-state index in [1.54, 1.807) is 24.3 Å². The highest BCUT2D eigenvalue weighted by Crippen LogP contribution is 2.16. The van der Waals surface area contributed by atoms with Gasteiger partial charge >= 0.3 is 5.97 Å². The zero-order chi connectivity index (χ0) is 15.9. The first-order valence-corrected chi connectivity index (χ1v) is 7.52. The molecular formula is C15H20Cl2N2O4. The number of rotatable bonds is 7. The van der Waals surface area contributed by atoms with Gasteiger partial charge in [0.25, 0.3) is 0 Å². The Hall–Kier alpha value is -1.50. The summed E-state index contributed by atoms with van der Waals surface area (Å²) in [6.45, 7) is 2.07. The molecule has 2 N–H and O–H groups in total. The highest BCUT2D eigenvalue weighted by Gasteiger charge is 2.28. The maximum atomic E-state index is 11.8. The Morgan fingerprint density at radius 3 is 2.65 bits per heavy atom. The molecule has 1 fully saturated rings. The summed E-state index contributed by atoms with van der Waals surface area (Å²) >= 11 is 5.77. The number of carbonyl (C=O) groups excluding carboxylic acids is 1. The summed E-state index contributed by atoms with van der Waals surface area (Å²) in [4.78, 5) is 24.5. The van der Waals surface area contributed by atoms with Crippen LogP contribution in [0.5, 0.6) is 5.75 Å². The number of nitrogens with zero attached hydrogens (tertiary/aromatic N) is 1. The van der Waals surface area contributed by atoms with E-state index in [4.69, 9.17) is 21.4 Å². The first-order valence-electron chi connectivity index (χ1n) is 7.15. The molecule has 1 aromatic carbocycles. The molecule has 0 spiro atoms. The van der Waals surface area contributed by atoms with Gasteiger partial charge in [-0.2, -0.15) is 0 Å². The highest BCUT2D eigenvalue weighted by atomic mass is 35.5. The molecule has 23 heavy (non-hydrogen) atoms. The zero-order valence-corrected chi connectivity index (χ0v) is 14.1. The van der Waals surface area contributed by atoms with Crippen LogP contribution in [0.15, 0.2) is 24.3 Å². The topological polar surface area (TPSA) is 78.9 Å². The molecule has 1 aliphatic rings. The number of carboxylic acid groups (broad SMARTS) is 1. The van der Waals surface area contributed by atoms with Crippen LogP contribution < -0.4 is 10.1 Å². The van der Waals surface area contributed by atoms with Crippen LogP contribution in [0.25, 0.3) is 0 Å². The van der Waals surface area contributed by atoms with Crippen molar-refractivity contribution >= 4 is 35.9 Å². The predicted octanol–water partition coefficient (Wildman–Crippen LogP) is 1.66. The summed E-state index contributed by atoms with van der Waals surface area (Å²) in [5.74, 6) is -0.575. The lowest BCUT2D eigenvalue weighted by Gasteiger charge is -2.15. The third-order valence-electron chi connectivity index (χ3n) is 3.50. The Bertz CT molecular complexity index is 525. The lowest BCUT2D eigenvalue weighted by molar-refractivity contribution is -0.141. The molecule has 1 unspecified atom stereocenters. The fourth-order valence-electron chi connectivity index (χ4n) is 2.33. The largest absolute Gasteiger partial charge is 0.492 e. The second-order valence-electron chi connectivity index (χ2n) is 5.21. The van der Waals surface area contributed by atoms with Crippen LogP contribution in [0, 0.1) is 5.92 Å². The minimum Gasteiger partial charge on any atom is -0.492 e. The van der Waals surface area contributed by atoms with Gasteiger partial charge in [0.2, 0.25) is 5.91 Å². The summed E-state index contributed by atoms with van der Waals surface area (Å²) in [6, 6.07) is 7.00. The molecule has 1 aromatic rings. The normalized spacial score (nSPS) is 17.3. The second-order valence-corrected chi connectivity index (χ2v) is 5.65. The van der Waals surface area contributed by atoms with E-state index in [2.05, 4.69) is 5.32 Å². The Labute approximate surface area is 146 Å². The number of halogens is 2. The molecule has 0 bridgehead atoms. The minimum absolute atomic E-state index is 0. The number of aliphatic carboxylic acids is 1. The molecule has 0 saturated carbocycles. The van der Waals surface area contributed by atoms with E-state index in [-0.39, 0.29) is 30.8 Å². The van der Waals surface area contributed by atoms with Gasteiger partial charge in [0.05, 0.1) is 19.0 Å². The van der Waals surface area contributed by atoms with Crippen molar-refractivity contribution in [3.05, 3.63) is 29.3 Å². The van der Waals surface area contributed by atoms with Crippen LogP contribution in [0.3, 0.4) is 0 Å². The number of hydrogen-bond acceptors (Lipinski definition) is 4. The second kappa shape index (κ2) is 9.60. The number of carbonyl (C=O) groups is 2. The van der Waals surface area contributed by atoms with Crippen molar-refractivity contribution < 1.29 is 19.4 Å². The molecule has 0 radical (unpaired) electrons. The Balaban J connectivity index is 0.00000264. The van der Waals surface area contributed by atoms with Gasteiger partial charge in [0.1, 0.15) is 12.4 Å². The van der Waals surface area contributed by atoms with Gasteiger partial charge in [-0.15, -0.1) is 12.4 Å². The van der Waals surface area contributed by atoms with Crippen LogP contribution in [0.2, 0.25) is 5.02 Å². The van der Waals surface area contributed by atoms with Gasteiger partial charge in [-0.05, 0) is 37.2 Å². The quantitative estimate of drug-likeness (QED) is 0.721. The van der Waals surface area contributed by atoms with E-state index in [0.717, 1.165) is 0 Å². The van der Waals surface area contributed by atoms with E-state index >= 15 is 0 Å². The molecule has 8 heteroatoms. The average molecular weight is 363 g/mol. The molecule has 128 valence electrons. The van der Waals surface area contributed by atoms with Crippen LogP contribution in [0.4, 0.5) is 0 Å². The van der Waals surface area contributed by atoms with E-state index in [1.165, 1.54) is 0 Å². The molecule has 0 aliphatic carbocycles. The van der Waals surface area contributed by atoms with E-state index in [9.17, 15) is 9.59 Å². The number of nitrogens with one attached hydrogen (secondary N) is 1. The summed E-state index contributed by atoms with van der Waals surface area (Å²) in [6.07, 6.45) is 0.599. The minimum atomic E-state index is -0.792. The van der Waals surface area contributed by atoms with Crippen molar-refractivity contribution in [2.24, 2.45) is 5.92 Å². The third kappa shape index (κ3) is 6.64. The number of amides is 1. The van der Waals surface area contributed by atoms with Crippen LogP contribution >= 0.6 is 24.0 Å². The molecular weight excluding hydrogens is 343 g/mol. The number of benzene rings is 1. The maximum absolute atomic E-state index is 11.8. The summed E-state index contributed by atoms with van der Waals surface area (Å²) in [5, 5.41) is 12.3. The third-order valence-corrected chi connectivity index (χ3v) is 3.75. The Kier molecular flexibility index (Phi) is 8.16. The lowest BCUT2D eigenvalue weighted by Crippen LogP contribution is -2.38. The highest BCUT2D eigenvalue weighted by molar-refractivity contribution is 6.30. The van der Waals surface area contributed by atoms with E-state index in [1.807, 2.05) is 4.90 Å². The van der Waals surface area contributed by atoms with Crippen molar-refractivity contribution in [2.75, 3.05) is 32.8 Å². The van der Waals surface area contributed by atoms with Gasteiger partial charge < -0.3 is 15.2 Å². The van der Waals surface area contributed by atoms with Crippen molar-refractivity contribution in [2.45, 2.75) is 6.42 Å². The molecule has 1 heterocycles. The number of carboxylic acids is 1. The molecule has 1 amide bonds. The van der Waals surface area contributed by atoms with Gasteiger partial charge in [0, 0.05) is 11.6 Å². The Morgan fingerprint density at radius 1 is 1.35 bits per heavy atom. The van der Waals surface area contributed by atoms with Gasteiger partial charge in [-0.1, -0.05) is 11.6 Å². The van der Waals surface area contributed by atoms with Crippen molar-refractivity contribution in [3.8, 4) is 5.75 Å². The first-order chi connectivity index (χ1) is 10.5. The number of ether oxygens (including phenoxy) is 1. The van der Waals surface area contributed by atoms with Crippen molar-refractivity contribution in [1.29, 1.82) is 0 Å². The molecule has 1 aliphatic heterocycles. The summed E-state index contributed by atoms with van der Waals surface area (Å²) in [7, 11) is 0. The molecule has 1 saturated heterocycles. The SMILES string of the molecule is Cl.O=C(CN1CCC(C(=O)O)C1)NCCOc1ccc(Cl)cc1. The van der Waals surface area contributed by atoms with Crippen LogP contribution in [0.1, 0.15) is 6.42 Å². The lowest BCUT2D eigenvalue weighted by atomic mass is 10.1. The predicted molar refractivity (Wildman–Crippen MR) is 89.4 cm³/mol. The smallest absolute Gasteiger partial charge is 0.307 e. The monoisotopic (exact) mass is 362 g/mol. The molecule has 6 nitrogen and oxygen atoms in total. The molecule has 0 aromatic heterocycles. The first kappa shape index (κ1) is 19.5. The van der Waals surface area contributed by atoms with Crippen LogP contribution in [-0.2, 0) is 9.59 Å². The zero-order valence-electron chi connectivity index (χ0n) is 12.5. The maximum Gasteiger partial charge on any atom is 0.307 e. The molecule has 2 rings (SSSR count). The Morgan fingerprint density at radius 2 is 2.04 bits per heavy atom. The summed E-state index contributed by atoms with van der Waals surface area (Å²) in [5.41, 5.74) is 0. The van der Waals surface area contributed by atoms with Gasteiger partial charge in [0.15, 0.2) is 0 Å². The molecule has 1 atom stereocenters. The number of hydrogen-bond donors (Lipinski definition) is 2. The van der Waals surface area contributed by atoms with Crippen molar-refractivity contribution in [1.82, 2.24) is 10.2 Å². The number of likely N-dealkylation sites (tertiary alicyclic amines) is 1.